The zero-order valence-corrected chi connectivity index (χ0v) is 11.2. The molecule has 2 atom stereocenters. The molecular formula is C14H18F3N3. The van der Waals surface area contributed by atoms with Crippen molar-refractivity contribution in [2.45, 2.75) is 44.3 Å². The minimum atomic E-state index is -4.42. The highest BCUT2D eigenvalue weighted by atomic mass is 19.4. The van der Waals surface area contributed by atoms with Crippen molar-refractivity contribution in [1.29, 1.82) is 0 Å². The number of pyridine rings is 1. The molecule has 1 aliphatic carbocycles. The second kappa shape index (κ2) is 4.82. The smallest absolute Gasteiger partial charge is 0.396 e. The first kappa shape index (κ1) is 13.5. The van der Waals surface area contributed by atoms with Crippen LogP contribution in [0.2, 0.25) is 0 Å². The number of anilines is 2. The molecule has 3 nitrogen and oxygen atoms in total. The van der Waals surface area contributed by atoms with Gasteiger partial charge in [0, 0.05) is 12.6 Å². The third kappa shape index (κ3) is 2.31. The first-order chi connectivity index (χ1) is 9.47. The Labute approximate surface area is 116 Å². The molecule has 0 bridgehead atoms. The summed E-state index contributed by atoms with van der Waals surface area (Å²) in [7, 11) is 0. The highest BCUT2D eigenvalue weighted by molar-refractivity contribution is 5.68. The van der Waals surface area contributed by atoms with Gasteiger partial charge in [-0.1, -0.05) is 6.42 Å². The molecule has 1 aliphatic heterocycles. The molecule has 3 rings (SSSR count). The Morgan fingerprint density at radius 3 is 2.70 bits per heavy atom. The fraction of sp³-hybridized carbons (Fsp3) is 0.643. The maximum absolute atomic E-state index is 12.8. The Morgan fingerprint density at radius 2 is 1.95 bits per heavy atom. The number of piperidine rings is 1. The summed E-state index contributed by atoms with van der Waals surface area (Å²) in [4.78, 5) is 5.49. The predicted octanol–water partition coefficient (Wildman–Crippen LogP) is 3.45. The van der Waals surface area contributed by atoms with Crippen molar-refractivity contribution in [2.75, 3.05) is 17.2 Å². The van der Waals surface area contributed by atoms with Crippen molar-refractivity contribution >= 4 is 11.4 Å². The lowest BCUT2D eigenvalue weighted by molar-refractivity contribution is -0.141. The van der Waals surface area contributed by atoms with Crippen molar-refractivity contribution < 1.29 is 13.2 Å². The van der Waals surface area contributed by atoms with Gasteiger partial charge < -0.3 is 10.6 Å². The van der Waals surface area contributed by atoms with Crippen molar-refractivity contribution in [3.05, 3.63) is 18.0 Å². The van der Waals surface area contributed by atoms with E-state index < -0.39 is 11.9 Å². The SMILES string of the molecule is Nc1cnc(C(F)(F)F)cc1N1CCCC2CCCC21. The van der Waals surface area contributed by atoms with Crippen LogP contribution in [0, 0.1) is 5.92 Å². The first-order valence-corrected chi connectivity index (χ1v) is 7.06. The number of nitrogen functional groups attached to an aromatic ring is 1. The highest BCUT2D eigenvalue weighted by Crippen LogP contribution is 2.41. The molecule has 1 aromatic heterocycles. The molecule has 2 heterocycles. The number of nitrogens with zero attached hydrogens (tertiary/aromatic N) is 2. The first-order valence-electron chi connectivity index (χ1n) is 7.06. The number of alkyl halides is 3. The van der Waals surface area contributed by atoms with Crippen LogP contribution in [0.1, 0.15) is 37.8 Å². The molecule has 20 heavy (non-hydrogen) atoms. The summed E-state index contributed by atoms with van der Waals surface area (Å²) in [6, 6.07) is 1.45. The number of fused-ring (bicyclic) bond motifs is 1. The molecule has 2 aliphatic rings. The van der Waals surface area contributed by atoms with Crippen LogP contribution in [0.5, 0.6) is 0 Å². The summed E-state index contributed by atoms with van der Waals surface area (Å²) in [6.45, 7) is 0.784. The van der Waals surface area contributed by atoms with Crippen LogP contribution in [0.3, 0.4) is 0 Å². The van der Waals surface area contributed by atoms with Gasteiger partial charge in [-0.05, 0) is 37.7 Å². The van der Waals surface area contributed by atoms with Crippen LogP contribution in [-0.4, -0.2) is 17.6 Å². The molecule has 110 valence electrons. The molecule has 0 amide bonds. The van der Waals surface area contributed by atoms with Gasteiger partial charge in [-0.2, -0.15) is 13.2 Å². The Morgan fingerprint density at radius 1 is 1.20 bits per heavy atom. The number of hydrogen-bond donors (Lipinski definition) is 1. The molecule has 2 fully saturated rings. The Bertz CT molecular complexity index is 501. The lowest BCUT2D eigenvalue weighted by Gasteiger charge is -2.40. The van der Waals surface area contributed by atoms with E-state index >= 15 is 0 Å². The highest BCUT2D eigenvalue weighted by Gasteiger charge is 2.38. The molecule has 2 N–H and O–H groups in total. The van der Waals surface area contributed by atoms with Gasteiger partial charge >= 0.3 is 6.18 Å². The third-order valence-electron chi connectivity index (χ3n) is 4.51. The average molecular weight is 285 g/mol. The van der Waals surface area contributed by atoms with Crippen LogP contribution >= 0.6 is 0 Å². The van der Waals surface area contributed by atoms with Crippen LogP contribution in [0.4, 0.5) is 24.5 Å². The van der Waals surface area contributed by atoms with E-state index in [2.05, 4.69) is 9.88 Å². The summed E-state index contributed by atoms with van der Waals surface area (Å²) in [5.74, 6) is 0.602. The summed E-state index contributed by atoms with van der Waals surface area (Å²) >= 11 is 0. The van der Waals surface area contributed by atoms with Gasteiger partial charge in [0.25, 0.3) is 0 Å². The van der Waals surface area contributed by atoms with E-state index in [4.69, 9.17) is 5.73 Å². The topological polar surface area (TPSA) is 42.1 Å². The second-order valence-electron chi connectivity index (χ2n) is 5.72. The van der Waals surface area contributed by atoms with Gasteiger partial charge in [0.2, 0.25) is 0 Å². The number of hydrogen-bond acceptors (Lipinski definition) is 3. The van der Waals surface area contributed by atoms with Gasteiger partial charge in [-0.15, -0.1) is 0 Å². The van der Waals surface area contributed by atoms with Gasteiger partial charge in [-0.25, -0.2) is 4.98 Å². The molecule has 0 radical (unpaired) electrons. The number of aromatic nitrogens is 1. The van der Waals surface area contributed by atoms with Crippen molar-refractivity contribution in [3.8, 4) is 0 Å². The van der Waals surface area contributed by atoms with E-state index in [9.17, 15) is 13.2 Å². The van der Waals surface area contributed by atoms with Crippen LogP contribution < -0.4 is 10.6 Å². The summed E-state index contributed by atoms with van der Waals surface area (Å²) < 4.78 is 38.4. The zero-order chi connectivity index (χ0) is 14.3. The summed E-state index contributed by atoms with van der Waals surface area (Å²) in [5, 5.41) is 0. The number of halogens is 3. The lowest BCUT2D eigenvalue weighted by atomic mass is 9.91. The predicted molar refractivity (Wildman–Crippen MR) is 71.4 cm³/mol. The molecule has 2 unspecified atom stereocenters. The molecule has 0 spiro atoms. The molecule has 1 saturated carbocycles. The zero-order valence-electron chi connectivity index (χ0n) is 11.2. The van der Waals surface area contributed by atoms with Gasteiger partial charge in [-0.3, -0.25) is 0 Å². The Hall–Kier alpha value is -1.46. The molecule has 0 aromatic carbocycles. The van der Waals surface area contributed by atoms with Crippen LogP contribution in [0.25, 0.3) is 0 Å². The van der Waals surface area contributed by atoms with E-state index in [1.807, 2.05) is 0 Å². The fourth-order valence-corrected chi connectivity index (χ4v) is 3.61. The Balaban J connectivity index is 1.96. The van der Waals surface area contributed by atoms with Crippen LogP contribution in [0.15, 0.2) is 12.3 Å². The monoisotopic (exact) mass is 285 g/mol. The maximum atomic E-state index is 12.8. The van der Waals surface area contributed by atoms with E-state index in [1.165, 1.54) is 12.8 Å². The normalized spacial score (nSPS) is 26.6. The lowest BCUT2D eigenvalue weighted by Crippen LogP contribution is -2.43. The minimum Gasteiger partial charge on any atom is -0.396 e. The summed E-state index contributed by atoms with van der Waals surface area (Å²) in [5.41, 5.74) is 5.86. The van der Waals surface area contributed by atoms with E-state index in [0.29, 0.717) is 23.3 Å². The molecule has 1 aromatic rings. The van der Waals surface area contributed by atoms with Crippen molar-refractivity contribution in [2.24, 2.45) is 5.92 Å². The molecular weight excluding hydrogens is 267 g/mol. The Kier molecular flexibility index (Phi) is 3.26. The fourth-order valence-electron chi connectivity index (χ4n) is 3.61. The standard InChI is InChI=1S/C14H18F3N3/c15-14(16,17)13-7-12(10(18)8-19-13)20-6-2-4-9-3-1-5-11(9)20/h7-9,11H,1-6,18H2. The van der Waals surface area contributed by atoms with Crippen molar-refractivity contribution in [1.82, 2.24) is 4.98 Å². The van der Waals surface area contributed by atoms with E-state index in [-0.39, 0.29) is 0 Å². The van der Waals surface area contributed by atoms with E-state index in [0.717, 1.165) is 38.1 Å². The van der Waals surface area contributed by atoms with Gasteiger partial charge in [0.05, 0.1) is 17.6 Å². The minimum absolute atomic E-state index is 0.338. The van der Waals surface area contributed by atoms with Gasteiger partial charge in [0.1, 0.15) is 5.69 Å². The number of nitrogens with two attached hydrogens (primary N) is 1. The quantitative estimate of drug-likeness (QED) is 0.859. The van der Waals surface area contributed by atoms with Crippen LogP contribution in [-0.2, 0) is 6.18 Å². The molecule has 1 saturated heterocycles. The maximum Gasteiger partial charge on any atom is 0.433 e. The van der Waals surface area contributed by atoms with Crippen molar-refractivity contribution in [3.63, 3.8) is 0 Å². The largest absolute Gasteiger partial charge is 0.433 e. The van der Waals surface area contributed by atoms with Gasteiger partial charge in [0.15, 0.2) is 0 Å². The average Bonchev–Trinajstić information content (AvgIpc) is 2.86. The van der Waals surface area contributed by atoms with E-state index in [1.54, 1.807) is 0 Å². The summed E-state index contributed by atoms with van der Waals surface area (Å²) in [6.07, 6.45) is 2.29. The molecule has 6 heteroatoms. The third-order valence-corrected chi connectivity index (χ3v) is 4.51. The number of rotatable bonds is 1. The second-order valence-corrected chi connectivity index (χ2v) is 5.72.